The Balaban J connectivity index is 0.00000341. The number of anilines is 5. The van der Waals surface area contributed by atoms with Crippen LogP contribution in [-0.4, -0.2) is 35.1 Å². The molecule has 3 aromatic rings. The lowest BCUT2D eigenvalue weighted by Gasteiger charge is -2.18. The smallest absolute Gasteiger partial charge is 0.132 e. The molecule has 31 heavy (non-hydrogen) atoms. The van der Waals surface area contributed by atoms with E-state index in [2.05, 4.69) is 50.8 Å². The van der Waals surface area contributed by atoms with Gasteiger partial charge in [0.1, 0.15) is 17.5 Å². The molecule has 3 rings (SSSR count). The molecule has 0 aliphatic heterocycles. The van der Waals surface area contributed by atoms with Crippen LogP contribution in [0.2, 0.25) is 0 Å². The maximum Gasteiger partial charge on any atom is 0.132 e. The van der Waals surface area contributed by atoms with Crippen molar-refractivity contribution in [3.63, 3.8) is 0 Å². The number of pyridine rings is 3. The van der Waals surface area contributed by atoms with Gasteiger partial charge in [0.25, 0.3) is 0 Å². The summed E-state index contributed by atoms with van der Waals surface area (Å²) in [5.41, 5.74) is 3.14. The van der Waals surface area contributed by atoms with Crippen molar-refractivity contribution in [3.8, 4) is 0 Å². The first-order chi connectivity index (χ1) is 14.7. The minimum atomic E-state index is 0. The topological polar surface area (TPSA) is 78.0 Å². The lowest BCUT2D eigenvalue weighted by Crippen LogP contribution is -2.12. The van der Waals surface area contributed by atoms with Crippen LogP contribution in [0.3, 0.4) is 0 Å². The van der Waals surface area contributed by atoms with E-state index in [-0.39, 0.29) is 12.4 Å². The molecular weight excluding hydrogens is 410 g/mol. The summed E-state index contributed by atoms with van der Waals surface area (Å²) < 4.78 is 0. The van der Waals surface area contributed by atoms with Crippen molar-refractivity contribution < 1.29 is 0 Å². The zero-order valence-electron chi connectivity index (χ0n) is 18.4. The molecule has 166 valence electrons. The second kappa shape index (κ2) is 12.6. The molecule has 0 saturated heterocycles. The molecule has 8 heteroatoms. The summed E-state index contributed by atoms with van der Waals surface area (Å²) in [6.07, 6.45) is 7.77. The fraction of sp³-hybridized carbons (Fsp3) is 0.348. The highest BCUT2D eigenvalue weighted by atomic mass is 35.5. The predicted molar refractivity (Wildman–Crippen MR) is 133 cm³/mol. The van der Waals surface area contributed by atoms with E-state index in [0.29, 0.717) is 6.54 Å². The quantitative estimate of drug-likeness (QED) is 0.371. The van der Waals surface area contributed by atoms with Crippen molar-refractivity contribution in [3.05, 3.63) is 60.6 Å². The van der Waals surface area contributed by atoms with E-state index in [1.165, 1.54) is 0 Å². The van der Waals surface area contributed by atoms with E-state index in [1.807, 2.05) is 60.9 Å². The van der Waals surface area contributed by atoms with Crippen LogP contribution in [0.5, 0.6) is 0 Å². The van der Waals surface area contributed by atoms with E-state index in [1.54, 1.807) is 0 Å². The van der Waals surface area contributed by atoms with Gasteiger partial charge in [0.15, 0.2) is 0 Å². The number of rotatable bonds is 11. The van der Waals surface area contributed by atoms with Crippen molar-refractivity contribution >= 4 is 41.2 Å². The maximum atomic E-state index is 4.60. The molecule has 0 unspecified atom stereocenters. The average Bonchev–Trinajstić information content (AvgIpc) is 2.81. The highest BCUT2D eigenvalue weighted by Crippen LogP contribution is 2.22. The third kappa shape index (κ3) is 7.29. The average molecular weight is 442 g/mol. The Bertz CT molecular complexity index is 883. The summed E-state index contributed by atoms with van der Waals surface area (Å²) in [7, 11) is 1.99. The zero-order valence-corrected chi connectivity index (χ0v) is 19.2. The highest BCUT2D eigenvalue weighted by Gasteiger charge is 2.06. The minimum absolute atomic E-state index is 0. The molecule has 3 aromatic heterocycles. The fourth-order valence-electron chi connectivity index (χ4n) is 2.86. The molecule has 0 fully saturated rings. The Morgan fingerprint density at radius 2 is 1.45 bits per heavy atom. The number of aromatic nitrogens is 3. The Hall–Kier alpha value is -3.06. The SMILES string of the molecule is CCCNc1ccc(NCc2ccc(N(C)c3ccc(NCCC)nc3)nc2)nc1.Cl. The van der Waals surface area contributed by atoms with Crippen LogP contribution < -0.4 is 20.9 Å². The summed E-state index contributed by atoms with van der Waals surface area (Å²) in [4.78, 5) is 15.5. The van der Waals surface area contributed by atoms with E-state index < -0.39 is 0 Å². The molecule has 0 radical (unpaired) electrons. The molecule has 0 amide bonds. The number of hydrogen-bond acceptors (Lipinski definition) is 7. The first kappa shape index (κ1) is 24.2. The number of halogens is 1. The van der Waals surface area contributed by atoms with Gasteiger partial charge in [0.2, 0.25) is 0 Å². The van der Waals surface area contributed by atoms with Gasteiger partial charge >= 0.3 is 0 Å². The molecule has 7 nitrogen and oxygen atoms in total. The zero-order chi connectivity index (χ0) is 21.2. The van der Waals surface area contributed by atoms with E-state index in [4.69, 9.17) is 0 Å². The van der Waals surface area contributed by atoms with E-state index in [9.17, 15) is 0 Å². The van der Waals surface area contributed by atoms with Crippen LogP contribution in [0.15, 0.2) is 55.0 Å². The summed E-state index contributed by atoms with van der Waals surface area (Å²) in [6.45, 7) is 6.83. The lowest BCUT2D eigenvalue weighted by atomic mass is 10.2. The van der Waals surface area contributed by atoms with Gasteiger partial charge in [0.05, 0.1) is 23.8 Å². The Kier molecular flexibility index (Phi) is 9.84. The third-order valence-electron chi connectivity index (χ3n) is 4.66. The summed E-state index contributed by atoms with van der Waals surface area (Å²) >= 11 is 0. The molecule has 0 atom stereocenters. The van der Waals surface area contributed by atoms with Crippen LogP contribution >= 0.6 is 12.4 Å². The molecule has 0 bridgehead atoms. The Labute approximate surface area is 191 Å². The summed E-state index contributed by atoms with van der Waals surface area (Å²) in [6, 6.07) is 12.2. The van der Waals surface area contributed by atoms with E-state index in [0.717, 1.165) is 60.3 Å². The van der Waals surface area contributed by atoms with Gasteiger partial charge in [-0.15, -0.1) is 12.4 Å². The van der Waals surface area contributed by atoms with Gasteiger partial charge in [-0.05, 0) is 48.7 Å². The van der Waals surface area contributed by atoms with Gasteiger partial charge in [0, 0.05) is 32.9 Å². The minimum Gasteiger partial charge on any atom is -0.384 e. The van der Waals surface area contributed by atoms with Crippen LogP contribution in [0.1, 0.15) is 32.3 Å². The molecule has 3 N–H and O–H groups in total. The third-order valence-corrected chi connectivity index (χ3v) is 4.66. The first-order valence-electron chi connectivity index (χ1n) is 10.5. The van der Waals surface area contributed by atoms with Gasteiger partial charge in [-0.1, -0.05) is 19.9 Å². The molecule has 0 aliphatic carbocycles. The van der Waals surface area contributed by atoms with Crippen LogP contribution in [0.25, 0.3) is 0 Å². The second-order valence-corrected chi connectivity index (χ2v) is 7.12. The number of nitrogens with one attached hydrogen (secondary N) is 3. The number of hydrogen-bond donors (Lipinski definition) is 3. The van der Waals surface area contributed by atoms with Crippen LogP contribution in [0.4, 0.5) is 28.8 Å². The van der Waals surface area contributed by atoms with Crippen molar-refractivity contribution in [1.82, 2.24) is 15.0 Å². The van der Waals surface area contributed by atoms with Gasteiger partial charge in [-0.25, -0.2) is 15.0 Å². The van der Waals surface area contributed by atoms with E-state index >= 15 is 0 Å². The molecule has 0 spiro atoms. The lowest BCUT2D eigenvalue weighted by molar-refractivity contribution is 0.968. The maximum absolute atomic E-state index is 4.60. The highest BCUT2D eigenvalue weighted by molar-refractivity contribution is 5.85. The summed E-state index contributed by atoms with van der Waals surface area (Å²) in [5.74, 6) is 2.62. The van der Waals surface area contributed by atoms with Gasteiger partial charge in [-0.2, -0.15) is 0 Å². The fourth-order valence-corrected chi connectivity index (χ4v) is 2.86. The Morgan fingerprint density at radius 1 is 0.742 bits per heavy atom. The first-order valence-corrected chi connectivity index (χ1v) is 10.5. The largest absolute Gasteiger partial charge is 0.384 e. The summed E-state index contributed by atoms with van der Waals surface area (Å²) in [5, 5.41) is 9.95. The molecule has 0 saturated carbocycles. The standard InChI is InChI=1S/C23H31N7.ClH/c1-4-12-24-19-7-9-22(27-16-19)26-14-18-6-11-23(29-15-18)30(3)20-8-10-21(28-17-20)25-13-5-2;/h6-11,15-17,24H,4-5,12-14H2,1-3H3,(H,25,28)(H,26,27);1H. The monoisotopic (exact) mass is 441 g/mol. The molecule has 0 aliphatic rings. The Morgan fingerprint density at radius 3 is 2.06 bits per heavy atom. The van der Waals surface area contributed by atoms with Gasteiger partial charge in [-0.3, -0.25) is 0 Å². The second-order valence-electron chi connectivity index (χ2n) is 7.12. The van der Waals surface area contributed by atoms with Crippen molar-refractivity contribution in [1.29, 1.82) is 0 Å². The molecule has 3 heterocycles. The van der Waals surface area contributed by atoms with Crippen molar-refractivity contribution in [2.45, 2.75) is 33.2 Å². The predicted octanol–water partition coefficient (Wildman–Crippen LogP) is 5.32. The van der Waals surface area contributed by atoms with Crippen LogP contribution in [0, 0.1) is 0 Å². The molecular formula is C23H32ClN7. The van der Waals surface area contributed by atoms with Gasteiger partial charge < -0.3 is 20.9 Å². The molecule has 0 aromatic carbocycles. The number of nitrogens with zero attached hydrogens (tertiary/aromatic N) is 4. The van der Waals surface area contributed by atoms with Crippen molar-refractivity contribution in [2.75, 3.05) is 41.0 Å². The van der Waals surface area contributed by atoms with Crippen LogP contribution in [-0.2, 0) is 6.54 Å². The van der Waals surface area contributed by atoms with Crippen molar-refractivity contribution in [2.24, 2.45) is 0 Å². The normalized spacial score (nSPS) is 10.2.